The zero-order valence-electron chi connectivity index (χ0n) is 22.4. The average molecular weight is 525 g/mol. The van der Waals surface area contributed by atoms with Crippen LogP contribution in [0.1, 0.15) is 87.6 Å². The zero-order valence-corrected chi connectivity index (χ0v) is 23.6. The van der Waals surface area contributed by atoms with E-state index in [4.69, 9.17) is 5.10 Å². The zero-order chi connectivity index (χ0) is 25.8. The second kappa shape index (κ2) is 12.4. The molecule has 202 valence electrons. The molecule has 2 aliphatic carbocycles. The number of likely N-dealkylation sites (tertiary alicyclic amines) is 1. The predicted molar refractivity (Wildman–Crippen MR) is 153 cm³/mol. The van der Waals surface area contributed by atoms with E-state index in [2.05, 4.69) is 61.4 Å². The molecule has 4 unspecified atom stereocenters. The fraction of sp³-hybridized carbons (Fsp3) is 0.667. The average Bonchev–Trinajstić information content (AvgIpc) is 3.48. The van der Waals surface area contributed by atoms with Crippen LogP contribution in [0.3, 0.4) is 0 Å². The number of aliphatic carboxylic acids is 1. The number of carbonyl (C=O) groups is 1. The summed E-state index contributed by atoms with van der Waals surface area (Å²) in [4.78, 5) is 14.4. The Kier molecular flexibility index (Phi) is 9.00. The molecule has 37 heavy (non-hydrogen) atoms. The Morgan fingerprint density at radius 3 is 2.51 bits per heavy atom. The van der Waals surface area contributed by atoms with Crippen LogP contribution >= 0.6 is 9.24 Å². The van der Waals surface area contributed by atoms with Gasteiger partial charge in [0.2, 0.25) is 0 Å². The van der Waals surface area contributed by atoms with Gasteiger partial charge in [-0.05, 0) is 87.3 Å². The molecule has 1 aromatic heterocycles. The molecule has 2 heterocycles. The van der Waals surface area contributed by atoms with Crippen molar-refractivity contribution in [3.05, 3.63) is 47.3 Å². The Bertz CT molecular complexity index is 1030. The summed E-state index contributed by atoms with van der Waals surface area (Å²) in [6.45, 7) is 6.59. The van der Waals surface area contributed by atoms with Crippen LogP contribution in [-0.2, 0) is 17.8 Å². The Morgan fingerprint density at radius 1 is 1.11 bits per heavy atom. The summed E-state index contributed by atoms with van der Waals surface area (Å²) in [6.07, 6.45) is 11.3. The van der Waals surface area contributed by atoms with Crippen molar-refractivity contribution in [1.82, 2.24) is 20.0 Å². The SMILES string of the molecule is CCn1nc(Cc2ccc(P)cc2)cc1C1CCN(CC2CCC(NC(CC3CCC3)C(=O)O)C2)CC1. The highest BCUT2D eigenvalue weighted by molar-refractivity contribution is 7.27. The molecule has 0 spiro atoms. The Morgan fingerprint density at radius 2 is 1.86 bits per heavy atom. The number of benzene rings is 1. The first-order chi connectivity index (χ1) is 18.0. The molecule has 0 bridgehead atoms. The third kappa shape index (κ3) is 7.02. The first-order valence-electron chi connectivity index (χ1n) is 14.6. The number of aromatic nitrogens is 2. The van der Waals surface area contributed by atoms with Crippen LogP contribution < -0.4 is 10.6 Å². The Balaban J connectivity index is 1.09. The van der Waals surface area contributed by atoms with Crippen LogP contribution in [0.5, 0.6) is 0 Å². The molecule has 3 fully saturated rings. The summed E-state index contributed by atoms with van der Waals surface area (Å²) < 4.78 is 2.23. The minimum atomic E-state index is -0.662. The lowest BCUT2D eigenvalue weighted by molar-refractivity contribution is -0.140. The van der Waals surface area contributed by atoms with Gasteiger partial charge in [-0.3, -0.25) is 9.48 Å². The number of nitrogens with one attached hydrogen (secondary N) is 1. The van der Waals surface area contributed by atoms with E-state index in [-0.39, 0.29) is 6.04 Å². The molecule has 3 aliphatic rings. The molecule has 0 amide bonds. The van der Waals surface area contributed by atoms with Gasteiger partial charge in [0.05, 0.1) is 5.69 Å². The quantitative estimate of drug-likeness (QED) is 0.422. The van der Waals surface area contributed by atoms with Crippen LogP contribution in [0.15, 0.2) is 30.3 Å². The number of carboxylic acid groups (broad SMARTS) is 1. The highest BCUT2D eigenvalue weighted by Gasteiger charge is 2.33. The lowest BCUT2D eigenvalue weighted by Gasteiger charge is -2.34. The molecule has 2 aromatic rings. The van der Waals surface area contributed by atoms with Crippen LogP contribution in [0, 0.1) is 11.8 Å². The van der Waals surface area contributed by atoms with Crippen molar-refractivity contribution in [3.63, 3.8) is 0 Å². The summed E-state index contributed by atoms with van der Waals surface area (Å²) in [6, 6.07) is 11.1. The van der Waals surface area contributed by atoms with Crippen LogP contribution in [-0.4, -0.2) is 57.5 Å². The second-order valence-electron chi connectivity index (χ2n) is 11.8. The third-order valence-corrected chi connectivity index (χ3v) is 9.50. The number of hydrogen-bond acceptors (Lipinski definition) is 4. The van der Waals surface area contributed by atoms with Gasteiger partial charge in [0.15, 0.2) is 0 Å². The molecule has 7 heteroatoms. The predicted octanol–water partition coefficient (Wildman–Crippen LogP) is 4.58. The Labute approximate surface area is 224 Å². The number of hydrogen-bond donors (Lipinski definition) is 2. The van der Waals surface area contributed by atoms with E-state index in [9.17, 15) is 9.90 Å². The second-order valence-corrected chi connectivity index (χ2v) is 12.5. The third-order valence-electron chi connectivity index (χ3n) is 9.12. The van der Waals surface area contributed by atoms with Gasteiger partial charge in [0, 0.05) is 37.2 Å². The molecule has 1 aromatic carbocycles. The number of aryl methyl sites for hydroxylation is 1. The van der Waals surface area contributed by atoms with Crippen molar-refractivity contribution >= 4 is 20.5 Å². The maximum Gasteiger partial charge on any atom is 0.320 e. The van der Waals surface area contributed by atoms with E-state index in [0.717, 1.165) is 51.9 Å². The normalized spacial score (nSPS) is 24.3. The van der Waals surface area contributed by atoms with Gasteiger partial charge in [-0.15, -0.1) is 9.24 Å². The van der Waals surface area contributed by atoms with Crippen molar-refractivity contribution < 1.29 is 9.90 Å². The fourth-order valence-corrected chi connectivity index (χ4v) is 6.95. The van der Waals surface area contributed by atoms with E-state index in [1.165, 1.54) is 60.8 Å². The van der Waals surface area contributed by atoms with Crippen LogP contribution in [0.2, 0.25) is 0 Å². The molecule has 6 nitrogen and oxygen atoms in total. The minimum absolute atomic E-state index is 0.358. The first kappa shape index (κ1) is 26.8. The molecular weight excluding hydrogens is 479 g/mol. The Hall–Kier alpha value is -1.75. The first-order valence-corrected chi connectivity index (χ1v) is 15.2. The maximum absolute atomic E-state index is 11.8. The number of piperidine rings is 1. The van der Waals surface area contributed by atoms with Gasteiger partial charge in [0.1, 0.15) is 6.04 Å². The lowest BCUT2D eigenvalue weighted by atomic mass is 9.80. The molecule has 2 N–H and O–H groups in total. The molecule has 1 saturated heterocycles. The highest BCUT2D eigenvalue weighted by Crippen LogP contribution is 2.34. The van der Waals surface area contributed by atoms with Crippen molar-refractivity contribution in [2.75, 3.05) is 19.6 Å². The minimum Gasteiger partial charge on any atom is -0.480 e. The summed E-state index contributed by atoms with van der Waals surface area (Å²) in [5.41, 5.74) is 3.91. The van der Waals surface area contributed by atoms with E-state index in [1.807, 2.05) is 0 Å². The summed E-state index contributed by atoms with van der Waals surface area (Å²) >= 11 is 0. The van der Waals surface area contributed by atoms with Crippen molar-refractivity contribution in [2.24, 2.45) is 11.8 Å². The molecule has 0 radical (unpaired) electrons. The standard InChI is InChI=1S/C30H45N4O2P/c1-2-34-29(19-26(32-34)16-22-7-10-27(37)11-8-22)24-12-14-33(15-13-24)20-23-6-9-25(17-23)31-28(30(35)36)18-21-4-3-5-21/h7-8,10-11,19,21,23-25,28,31H,2-6,9,12-18,20,37H2,1H3,(H,35,36). The van der Waals surface area contributed by atoms with Crippen molar-refractivity contribution in [1.29, 1.82) is 0 Å². The lowest BCUT2D eigenvalue weighted by Crippen LogP contribution is -2.44. The van der Waals surface area contributed by atoms with Gasteiger partial charge in [-0.1, -0.05) is 43.5 Å². The maximum atomic E-state index is 11.8. The summed E-state index contributed by atoms with van der Waals surface area (Å²) in [5, 5.41) is 19.4. The van der Waals surface area contributed by atoms with E-state index in [0.29, 0.717) is 23.8 Å². The topological polar surface area (TPSA) is 70.4 Å². The van der Waals surface area contributed by atoms with Crippen molar-refractivity contribution in [3.8, 4) is 0 Å². The molecule has 4 atom stereocenters. The van der Waals surface area contributed by atoms with Gasteiger partial charge >= 0.3 is 5.97 Å². The number of rotatable bonds is 11. The monoisotopic (exact) mass is 524 g/mol. The van der Waals surface area contributed by atoms with E-state index >= 15 is 0 Å². The van der Waals surface area contributed by atoms with E-state index < -0.39 is 5.97 Å². The van der Waals surface area contributed by atoms with Crippen LogP contribution in [0.25, 0.3) is 0 Å². The van der Waals surface area contributed by atoms with E-state index in [1.54, 1.807) is 0 Å². The molecule has 2 saturated carbocycles. The van der Waals surface area contributed by atoms with Gasteiger partial charge in [-0.25, -0.2) is 0 Å². The summed E-state index contributed by atoms with van der Waals surface area (Å²) in [7, 11) is 2.75. The molecular formula is C30H45N4O2P. The molecule has 5 rings (SSSR count). The van der Waals surface area contributed by atoms with Crippen molar-refractivity contribution in [2.45, 2.75) is 95.7 Å². The van der Waals surface area contributed by atoms with Gasteiger partial charge in [-0.2, -0.15) is 5.10 Å². The molecule has 1 aliphatic heterocycles. The number of nitrogens with zero attached hydrogens (tertiary/aromatic N) is 3. The van der Waals surface area contributed by atoms with Gasteiger partial charge < -0.3 is 15.3 Å². The largest absolute Gasteiger partial charge is 0.480 e. The van der Waals surface area contributed by atoms with Gasteiger partial charge in [0.25, 0.3) is 0 Å². The number of carboxylic acids is 1. The van der Waals surface area contributed by atoms with Crippen LogP contribution in [0.4, 0.5) is 0 Å². The highest BCUT2D eigenvalue weighted by atomic mass is 31.0. The smallest absolute Gasteiger partial charge is 0.320 e. The summed E-state index contributed by atoms with van der Waals surface area (Å²) in [5.74, 6) is 1.24. The fourth-order valence-electron chi connectivity index (χ4n) is 6.75.